The summed E-state index contributed by atoms with van der Waals surface area (Å²) in [6.45, 7) is 1.81. The van der Waals surface area contributed by atoms with E-state index in [0.29, 0.717) is 5.75 Å². The highest BCUT2D eigenvalue weighted by atomic mass is 79.9. The van der Waals surface area contributed by atoms with Gasteiger partial charge in [-0.25, -0.2) is 4.39 Å². The molecule has 0 saturated heterocycles. The van der Waals surface area contributed by atoms with Crippen LogP contribution in [-0.4, -0.2) is 0 Å². The van der Waals surface area contributed by atoms with Gasteiger partial charge in [-0.2, -0.15) is 0 Å². The Bertz CT molecular complexity index is 511. The smallest absolute Gasteiger partial charge is 0.141 e. The van der Waals surface area contributed by atoms with E-state index >= 15 is 0 Å². The average Bonchev–Trinajstić information content (AvgIpc) is 2.25. The first kappa shape index (κ1) is 11.1. The van der Waals surface area contributed by atoms with E-state index in [1.807, 2.05) is 31.2 Å². The third kappa shape index (κ3) is 2.42. The van der Waals surface area contributed by atoms with Crippen LogP contribution in [0.1, 0.15) is 5.56 Å². The highest BCUT2D eigenvalue weighted by Gasteiger charge is 2.04. The van der Waals surface area contributed by atoms with Gasteiger partial charge in [0, 0.05) is 0 Å². The number of hydrogen-bond acceptors (Lipinski definition) is 1. The average molecular weight is 281 g/mol. The Morgan fingerprint density at radius 2 is 1.81 bits per heavy atom. The molecule has 0 aliphatic heterocycles. The fourth-order valence-corrected chi connectivity index (χ4v) is 1.74. The third-order valence-electron chi connectivity index (χ3n) is 2.19. The molecule has 0 bridgehead atoms. The Morgan fingerprint density at radius 3 is 2.50 bits per heavy atom. The molecule has 2 aromatic rings. The first-order valence-corrected chi connectivity index (χ1v) is 5.64. The first-order chi connectivity index (χ1) is 7.66. The van der Waals surface area contributed by atoms with Crippen LogP contribution in [0.25, 0.3) is 0 Å². The number of ether oxygens (including phenoxy) is 1. The van der Waals surface area contributed by atoms with Crippen LogP contribution in [0.15, 0.2) is 46.9 Å². The van der Waals surface area contributed by atoms with E-state index in [9.17, 15) is 4.39 Å². The van der Waals surface area contributed by atoms with Gasteiger partial charge in [0.1, 0.15) is 17.3 Å². The lowest BCUT2D eigenvalue weighted by atomic mass is 10.2. The molecular weight excluding hydrogens is 271 g/mol. The maximum absolute atomic E-state index is 12.9. The van der Waals surface area contributed by atoms with Gasteiger partial charge in [0.2, 0.25) is 0 Å². The summed E-state index contributed by atoms with van der Waals surface area (Å²) >= 11 is 3.39. The second-order valence-corrected chi connectivity index (χ2v) is 4.30. The normalized spacial score (nSPS) is 10.2. The standard InChI is InChI=1S/C13H10BrFO/c1-9-8-10(15)6-7-12(9)16-13-5-3-2-4-11(13)14/h2-8H,1H3. The Hall–Kier alpha value is -1.35. The third-order valence-corrected chi connectivity index (χ3v) is 2.85. The summed E-state index contributed by atoms with van der Waals surface area (Å²) in [6, 6.07) is 12.0. The molecule has 0 N–H and O–H groups in total. The van der Waals surface area contributed by atoms with Gasteiger partial charge in [-0.1, -0.05) is 12.1 Å². The van der Waals surface area contributed by atoms with Crippen LogP contribution in [0.2, 0.25) is 0 Å². The summed E-state index contributed by atoms with van der Waals surface area (Å²) in [7, 11) is 0. The van der Waals surface area contributed by atoms with Crippen molar-refractivity contribution in [2.24, 2.45) is 0 Å². The number of rotatable bonds is 2. The molecule has 2 rings (SSSR count). The van der Waals surface area contributed by atoms with Crippen LogP contribution < -0.4 is 4.74 Å². The number of aryl methyl sites for hydroxylation is 1. The lowest BCUT2D eigenvalue weighted by Gasteiger charge is -2.09. The molecule has 0 radical (unpaired) electrons. The van der Waals surface area contributed by atoms with Crippen molar-refractivity contribution in [2.45, 2.75) is 6.92 Å². The van der Waals surface area contributed by atoms with E-state index in [2.05, 4.69) is 15.9 Å². The van der Waals surface area contributed by atoms with Crippen LogP contribution in [0.4, 0.5) is 4.39 Å². The predicted octanol–water partition coefficient (Wildman–Crippen LogP) is 4.69. The fourth-order valence-electron chi connectivity index (χ4n) is 1.37. The topological polar surface area (TPSA) is 9.23 Å². The summed E-state index contributed by atoms with van der Waals surface area (Å²) in [5.41, 5.74) is 0.774. The van der Waals surface area contributed by atoms with Crippen molar-refractivity contribution < 1.29 is 9.13 Å². The second-order valence-electron chi connectivity index (χ2n) is 3.44. The highest BCUT2D eigenvalue weighted by Crippen LogP contribution is 2.31. The monoisotopic (exact) mass is 280 g/mol. The molecule has 0 aliphatic carbocycles. The van der Waals surface area contributed by atoms with E-state index < -0.39 is 0 Å². The SMILES string of the molecule is Cc1cc(F)ccc1Oc1ccccc1Br. The van der Waals surface area contributed by atoms with E-state index in [0.717, 1.165) is 15.8 Å². The minimum atomic E-state index is -0.253. The van der Waals surface area contributed by atoms with Gasteiger partial charge in [0.05, 0.1) is 4.47 Å². The Kier molecular flexibility index (Phi) is 3.25. The van der Waals surface area contributed by atoms with Gasteiger partial charge in [-0.05, 0) is 58.7 Å². The van der Waals surface area contributed by atoms with Crippen molar-refractivity contribution in [1.82, 2.24) is 0 Å². The highest BCUT2D eigenvalue weighted by molar-refractivity contribution is 9.10. The molecule has 0 aromatic heterocycles. The van der Waals surface area contributed by atoms with Gasteiger partial charge >= 0.3 is 0 Å². The zero-order valence-electron chi connectivity index (χ0n) is 8.71. The number of hydrogen-bond donors (Lipinski definition) is 0. The molecule has 1 nitrogen and oxygen atoms in total. The lowest BCUT2D eigenvalue weighted by Crippen LogP contribution is -1.89. The zero-order chi connectivity index (χ0) is 11.5. The number of benzene rings is 2. The molecule has 2 aromatic carbocycles. The van der Waals surface area contributed by atoms with Gasteiger partial charge < -0.3 is 4.74 Å². The molecular formula is C13H10BrFO. The summed E-state index contributed by atoms with van der Waals surface area (Å²) in [4.78, 5) is 0. The Labute approximate surface area is 102 Å². The van der Waals surface area contributed by atoms with Crippen molar-refractivity contribution in [3.05, 3.63) is 58.3 Å². The van der Waals surface area contributed by atoms with Crippen LogP contribution in [0, 0.1) is 12.7 Å². The van der Waals surface area contributed by atoms with Crippen LogP contribution in [-0.2, 0) is 0 Å². The van der Waals surface area contributed by atoms with Gasteiger partial charge in [-0.3, -0.25) is 0 Å². The van der Waals surface area contributed by atoms with E-state index in [1.54, 1.807) is 6.07 Å². The van der Waals surface area contributed by atoms with Gasteiger partial charge in [0.25, 0.3) is 0 Å². The predicted molar refractivity (Wildman–Crippen MR) is 65.4 cm³/mol. The molecule has 0 unspecified atom stereocenters. The van der Waals surface area contributed by atoms with Crippen LogP contribution in [0.3, 0.4) is 0 Å². The molecule has 0 heterocycles. The molecule has 0 saturated carbocycles. The van der Waals surface area contributed by atoms with Crippen molar-refractivity contribution in [2.75, 3.05) is 0 Å². The largest absolute Gasteiger partial charge is 0.456 e. The number of para-hydroxylation sites is 1. The molecule has 0 aliphatic rings. The molecule has 0 spiro atoms. The molecule has 0 amide bonds. The zero-order valence-corrected chi connectivity index (χ0v) is 10.3. The van der Waals surface area contributed by atoms with E-state index in [1.165, 1.54) is 12.1 Å². The quantitative estimate of drug-likeness (QED) is 0.776. The lowest BCUT2D eigenvalue weighted by molar-refractivity contribution is 0.473. The van der Waals surface area contributed by atoms with Crippen molar-refractivity contribution >= 4 is 15.9 Å². The molecule has 82 valence electrons. The maximum atomic E-state index is 12.9. The van der Waals surface area contributed by atoms with E-state index in [4.69, 9.17) is 4.74 Å². The summed E-state index contributed by atoms with van der Waals surface area (Å²) in [6.07, 6.45) is 0. The Balaban J connectivity index is 2.31. The fraction of sp³-hybridized carbons (Fsp3) is 0.0769. The van der Waals surface area contributed by atoms with E-state index in [-0.39, 0.29) is 5.82 Å². The summed E-state index contributed by atoms with van der Waals surface area (Å²) in [5, 5.41) is 0. The van der Waals surface area contributed by atoms with Crippen molar-refractivity contribution in [3.63, 3.8) is 0 Å². The van der Waals surface area contributed by atoms with Crippen LogP contribution in [0.5, 0.6) is 11.5 Å². The molecule has 3 heteroatoms. The minimum Gasteiger partial charge on any atom is -0.456 e. The van der Waals surface area contributed by atoms with Crippen molar-refractivity contribution in [3.8, 4) is 11.5 Å². The molecule has 0 atom stereocenters. The first-order valence-electron chi connectivity index (χ1n) is 4.85. The molecule has 0 fully saturated rings. The molecule has 16 heavy (non-hydrogen) atoms. The maximum Gasteiger partial charge on any atom is 0.141 e. The van der Waals surface area contributed by atoms with Gasteiger partial charge in [-0.15, -0.1) is 0 Å². The van der Waals surface area contributed by atoms with Gasteiger partial charge in [0.15, 0.2) is 0 Å². The number of halogens is 2. The summed E-state index contributed by atoms with van der Waals surface area (Å²) in [5.74, 6) is 1.13. The van der Waals surface area contributed by atoms with Crippen LogP contribution >= 0.6 is 15.9 Å². The minimum absolute atomic E-state index is 0.253. The van der Waals surface area contributed by atoms with Crippen molar-refractivity contribution in [1.29, 1.82) is 0 Å². The second kappa shape index (κ2) is 4.66. The Morgan fingerprint density at radius 1 is 1.06 bits per heavy atom. The summed E-state index contributed by atoms with van der Waals surface area (Å²) < 4.78 is 19.5.